The van der Waals surface area contributed by atoms with Gasteiger partial charge in [-0.15, -0.1) is 11.3 Å². The van der Waals surface area contributed by atoms with Crippen LogP contribution in [-0.4, -0.2) is 60.1 Å². The number of hydrogen-bond donors (Lipinski definition) is 2. The van der Waals surface area contributed by atoms with Crippen LogP contribution >= 0.6 is 11.3 Å². The third-order valence-electron chi connectivity index (χ3n) is 6.13. The SMILES string of the molecule is CCNC(C(=O)N1CC(OC)CC1C(=O)NCc1ccc(-c2scnc2C)cc1)C(C)(C)C. The van der Waals surface area contributed by atoms with Crippen LogP contribution in [0.5, 0.6) is 0 Å². The Bertz CT molecular complexity index is 951. The topological polar surface area (TPSA) is 83.6 Å². The van der Waals surface area contributed by atoms with E-state index in [1.165, 1.54) is 0 Å². The molecule has 0 radical (unpaired) electrons. The molecule has 0 bridgehead atoms. The molecule has 3 atom stereocenters. The number of carbonyl (C=O) groups is 2. The quantitative estimate of drug-likeness (QED) is 0.615. The average Bonchev–Trinajstić information content (AvgIpc) is 3.41. The molecule has 1 aliphatic rings. The predicted octanol–water partition coefficient (Wildman–Crippen LogP) is 3.37. The molecule has 7 nitrogen and oxygen atoms in total. The Balaban J connectivity index is 1.68. The summed E-state index contributed by atoms with van der Waals surface area (Å²) in [6, 6.07) is 7.24. The molecule has 0 aliphatic carbocycles. The van der Waals surface area contributed by atoms with Crippen LogP contribution in [0.15, 0.2) is 29.8 Å². The molecule has 1 aromatic carbocycles. The summed E-state index contributed by atoms with van der Waals surface area (Å²) < 4.78 is 5.52. The average molecular weight is 473 g/mol. The van der Waals surface area contributed by atoms with Gasteiger partial charge in [0, 0.05) is 26.6 Å². The van der Waals surface area contributed by atoms with Crippen molar-refractivity contribution in [2.24, 2.45) is 5.41 Å². The van der Waals surface area contributed by atoms with Crippen molar-refractivity contribution in [1.29, 1.82) is 0 Å². The zero-order chi connectivity index (χ0) is 24.2. The predicted molar refractivity (Wildman–Crippen MR) is 132 cm³/mol. The molecule has 1 aliphatic heterocycles. The molecule has 0 saturated carbocycles. The number of likely N-dealkylation sites (tertiary alicyclic amines) is 1. The number of benzene rings is 1. The lowest BCUT2D eigenvalue weighted by atomic mass is 9.85. The molecule has 2 amide bonds. The molecule has 1 fully saturated rings. The number of nitrogens with one attached hydrogen (secondary N) is 2. The van der Waals surface area contributed by atoms with E-state index in [0.29, 0.717) is 26.1 Å². The van der Waals surface area contributed by atoms with Crippen molar-refractivity contribution < 1.29 is 14.3 Å². The number of hydrogen-bond acceptors (Lipinski definition) is 6. The number of ether oxygens (including phenoxy) is 1. The Kier molecular flexibility index (Phi) is 8.26. The Labute approximate surface area is 200 Å². The second-order valence-electron chi connectivity index (χ2n) is 9.64. The second-order valence-corrected chi connectivity index (χ2v) is 10.5. The standard InChI is InChI=1S/C25H36N4O3S/c1-7-26-22(25(3,4)5)24(31)29-14-19(32-6)12-20(29)23(30)27-13-17-8-10-18(11-9-17)21-16(2)28-15-33-21/h8-11,15,19-20,22,26H,7,12-14H2,1-6H3,(H,27,30). The molecule has 0 spiro atoms. The zero-order valence-corrected chi connectivity index (χ0v) is 21.3. The summed E-state index contributed by atoms with van der Waals surface area (Å²) in [4.78, 5) is 33.7. The van der Waals surface area contributed by atoms with E-state index in [-0.39, 0.29) is 29.4 Å². The van der Waals surface area contributed by atoms with E-state index in [1.54, 1.807) is 23.3 Å². The van der Waals surface area contributed by atoms with Crippen molar-refractivity contribution in [2.45, 2.75) is 65.8 Å². The molecule has 3 rings (SSSR count). The summed E-state index contributed by atoms with van der Waals surface area (Å²) in [5.74, 6) is -0.192. The van der Waals surface area contributed by atoms with Gasteiger partial charge in [0.05, 0.1) is 28.2 Å². The van der Waals surface area contributed by atoms with Crippen LogP contribution in [0, 0.1) is 12.3 Å². The van der Waals surface area contributed by atoms with E-state index in [9.17, 15) is 9.59 Å². The minimum Gasteiger partial charge on any atom is -0.380 e. The molecular weight excluding hydrogens is 436 g/mol. The molecule has 1 saturated heterocycles. The molecular formula is C25H36N4O3S. The van der Waals surface area contributed by atoms with Gasteiger partial charge in [-0.3, -0.25) is 9.59 Å². The first kappa shape index (κ1) is 25.3. The largest absolute Gasteiger partial charge is 0.380 e. The highest BCUT2D eigenvalue weighted by Gasteiger charge is 2.44. The van der Waals surface area contributed by atoms with Gasteiger partial charge in [0.2, 0.25) is 11.8 Å². The van der Waals surface area contributed by atoms with Gasteiger partial charge in [-0.2, -0.15) is 0 Å². The van der Waals surface area contributed by atoms with Gasteiger partial charge >= 0.3 is 0 Å². The zero-order valence-electron chi connectivity index (χ0n) is 20.5. The highest BCUT2D eigenvalue weighted by atomic mass is 32.1. The van der Waals surface area contributed by atoms with Crippen molar-refractivity contribution in [3.05, 3.63) is 41.0 Å². The maximum atomic E-state index is 13.4. The van der Waals surface area contributed by atoms with Crippen LogP contribution in [0.2, 0.25) is 0 Å². The van der Waals surface area contributed by atoms with Crippen LogP contribution < -0.4 is 10.6 Å². The van der Waals surface area contributed by atoms with Gasteiger partial charge in [0.15, 0.2) is 0 Å². The van der Waals surface area contributed by atoms with Crippen LogP contribution in [0.25, 0.3) is 10.4 Å². The molecule has 2 N–H and O–H groups in total. The van der Waals surface area contributed by atoms with E-state index in [2.05, 4.69) is 27.8 Å². The number of nitrogens with zero attached hydrogens (tertiary/aromatic N) is 2. The molecule has 3 unspecified atom stereocenters. The first-order valence-electron chi connectivity index (χ1n) is 11.5. The summed E-state index contributed by atoms with van der Waals surface area (Å²) in [6.45, 7) is 11.6. The maximum absolute atomic E-state index is 13.4. The van der Waals surface area contributed by atoms with Crippen LogP contribution in [0.1, 0.15) is 45.4 Å². The number of aromatic nitrogens is 1. The normalized spacial score (nSPS) is 19.5. The van der Waals surface area contributed by atoms with E-state index < -0.39 is 6.04 Å². The minimum atomic E-state index is -0.537. The fourth-order valence-electron chi connectivity index (χ4n) is 4.25. The minimum absolute atomic E-state index is 0.0478. The maximum Gasteiger partial charge on any atom is 0.243 e. The molecule has 180 valence electrons. The lowest BCUT2D eigenvalue weighted by Crippen LogP contribution is -2.56. The van der Waals surface area contributed by atoms with Gasteiger partial charge in [-0.1, -0.05) is 52.0 Å². The van der Waals surface area contributed by atoms with Crippen LogP contribution in [0.3, 0.4) is 0 Å². The van der Waals surface area contributed by atoms with Crippen LogP contribution in [0.4, 0.5) is 0 Å². The number of thiazole rings is 1. The van der Waals surface area contributed by atoms with Gasteiger partial charge in [0.1, 0.15) is 6.04 Å². The highest BCUT2D eigenvalue weighted by molar-refractivity contribution is 7.13. The van der Waals surface area contributed by atoms with E-state index in [1.807, 2.05) is 52.3 Å². The van der Waals surface area contributed by atoms with Gasteiger partial charge in [-0.05, 0) is 30.0 Å². The fourth-order valence-corrected chi connectivity index (χ4v) is 5.07. The number of amides is 2. The summed E-state index contributed by atoms with van der Waals surface area (Å²) in [5.41, 5.74) is 4.73. The number of aryl methyl sites for hydroxylation is 1. The fraction of sp³-hybridized carbons (Fsp3) is 0.560. The monoisotopic (exact) mass is 472 g/mol. The molecule has 33 heavy (non-hydrogen) atoms. The first-order chi connectivity index (χ1) is 15.7. The van der Waals surface area contributed by atoms with E-state index in [4.69, 9.17) is 4.74 Å². The number of carbonyl (C=O) groups excluding carboxylic acids is 2. The number of methoxy groups -OCH3 is 1. The summed E-state index contributed by atoms with van der Waals surface area (Å²) in [7, 11) is 1.63. The lowest BCUT2D eigenvalue weighted by molar-refractivity contribution is -0.142. The van der Waals surface area contributed by atoms with E-state index in [0.717, 1.165) is 21.7 Å². The van der Waals surface area contributed by atoms with E-state index >= 15 is 0 Å². The molecule has 8 heteroatoms. The Hall–Kier alpha value is -2.29. The molecule has 2 aromatic rings. The summed E-state index contributed by atoms with van der Waals surface area (Å²) >= 11 is 1.62. The number of likely N-dealkylation sites (N-methyl/N-ethyl adjacent to an activating group) is 1. The first-order valence-corrected chi connectivity index (χ1v) is 12.4. The molecule has 1 aromatic heterocycles. The lowest BCUT2D eigenvalue weighted by Gasteiger charge is -2.35. The Morgan fingerprint density at radius 1 is 1.27 bits per heavy atom. The second kappa shape index (κ2) is 10.8. The van der Waals surface area contributed by atoms with Crippen molar-refractivity contribution >= 4 is 23.2 Å². The Morgan fingerprint density at radius 3 is 2.52 bits per heavy atom. The van der Waals surface area contributed by atoms with Crippen molar-refractivity contribution in [3.8, 4) is 10.4 Å². The summed E-state index contributed by atoms with van der Waals surface area (Å²) in [6.07, 6.45) is 0.356. The number of rotatable bonds is 8. The Morgan fingerprint density at radius 2 is 1.97 bits per heavy atom. The van der Waals surface area contributed by atoms with Gasteiger partial charge < -0.3 is 20.3 Å². The van der Waals surface area contributed by atoms with Crippen molar-refractivity contribution in [3.63, 3.8) is 0 Å². The van der Waals surface area contributed by atoms with Crippen molar-refractivity contribution in [1.82, 2.24) is 20.5 Å². The third kappa shape index (κ3) is 5.99. The van der Waals surface area contributed by atoms with Crippen molar-refractivity contribution in [2.75, 3.05) is 20.2 Å². The molecule has 2 heterocycles. The van der Waals surface area contributed by atoms with Crippen LogP contribution in [-0.2, 0) is 20.9 Å². The highest BCUT2D eigenvalue weighted by Crippen LogP contribution is 2.28. The summed E-state index contributed by atoms with van der Waals surface area (Å²) in [5, 5.41) is 6.33. The third-order valence-corrected chi connectivity index (χ3v) is 7.11. The van der Waals surface area contributed by atoms with Gasteiger partial charge in [-0.25, -0.2) is 4.98 Å². The smallest absolute Gasteiger partial charge is 0.243 e. The van der Waals surface area contributed by atoms with Gasteiger partial charge in [0.25, 0.3) is 0 Å².